The smallest absolute Gasteiger partial charge is 0.171 e. The number of fused-ring (bicyclic) bond motifs is 1. The molecule has 0 N–H and O–H groups in total. The molecule has 1 aromatic carbocycles. The van der Waals surface area contributed by atoms with Gasteiger partial charge in [0.15, 0.2) is 11.6 Å². The average Bonchev–Trinajstić information content (AvgIpc) is 2.37. The minimum Gasteiger partial charge on any atom is -0.488 e. The minimum absolute atomic E-state index is 0.724. The van der Waals surface area contributed by atoms with Gasteiger partial charge < -0.3 is 9.64 Å². The van der Waals surface area contributed by atoms with E-state index in [1.165, 1.54) is 16.7 Å². The summed E-state index contributed by atoms with van der Waals surface area (Å²) in [6.45, 7) is 5.85. The van der Waals surface area contributed by atoms with E-state index in [0.29, 0.717) is 0 Å². The van der Waals surface area contributed by atoms with Crippen molar-refractivity contribution in [2.75, 3.05) is 25.1 Å². The predicted molar refractivity (Wildman–Crippen MR) is 77.9 cm³/mol. The van der Waals surface area contributed by atoms with Gasteiger partial charge in [-0.05, 0) is 25.5 Å². The summed E-state index contributed by atoms with van der Waals surface area (Å²) in [6.07, 6.45) is 1.93. The van der Waals surface area contributed by atoms with Crippen LogP contribution in [0.5, 0.6) is 5.75 Å². The molecule has 2 aromatic rings. The van der Waals surface area contributed by atoms with Gasteiger partial charge in [0.2, 0.25) is 0 Å². The minimum atomic E-state index is 0.724. The lowest BCUT2D eigenvalue weighted by atomic mass is 10.0. The normalized spacial score (nSPS) is 13.9. The maximum Gasteiger partial charge on any atom is 0.171 e. The van der Waals surface area contributed by atoms with E-state index in [4.69, 9.17) is 4.74 Å². The maximum atomic E-state index is 5.71. The lowest BCUT2D eigenvalue weighted by Crippen LogP contribution is -2.29. The first kappa shape index (κ1) is 12.0. The van der Waals surface area contributed by atoms with Crippen LogP contribution >= 0.6 is 0 Å². The van der Waals surface area contributed by atoms with Gasteiger partial charge in [-0.1, -0.05) is 29.3 Å². The van der Waals surface area contributed by atoms with Crippen LogP contribution < -0.4 is 9.64 Å². The van der Waals surface area contributed by atoms with E-state index >= 15 is 0 Å². The molecule has 0 saturated carbocycles. The largest absolute Gasteiger partial charge is 0.488 e. The molecule has 0 saturated heterocycles. The van der Waals surface area contributed by atoms with E-state index in [1.807, 2.05) is 13.2 Å². The van der Waals surface area contributed by atoms with Crippen LogP contribution in [0.1, 0.15) is 11.1 Å². The molecule has 98 valence electrons. The second-order valence-corrected chi connectivity index (χ2v) is 5.19. The maximum absolute atomic E-state index is 5.71. The van der Waals surface area contributed by atoms with Crippen LogP contribution in [-0.2, 0) is 0 Å². The van der Waals surface area contributed by atoms with Crippen LogP contribution in [0.3, 0.4) is 0 Å². The topological polar surface area (TPSA) is 25.4 Å². The number of ether oxygens (including phenoxy) is 1. The Bertz CT molecular complexity index is 602. The number of hydrogen-bond acceptors (Lipinski definition) is 3. The number of benzene rings is 1. The van der Waals surface area contributed by atoms with Gasteiger partial charge in [0.25, 0.3) is 0 Å². The van der Waals surface area contributed by atoms with Crippen LogP contribution in [0, 0.1) is 13.8 Å². The van der Waals surface area contributed by atoms with Gasteiger partial charge in [-0.2, -0.15) is 0 Å². The van der Waals surface area contributed by atoms with E-state index in [2.05, 4.69) is 48.0 Å². The molecule has 1 aromatic heterocycles. The van der Waals surface area contributed by atoms with Crippen LogP contribution in [0.2, 0.25) is 0 Å². The van der Waals surface area contributed by atoms with Crippen molar-refractivity contribution in [1.82, 2.24) is 4.98 Å². The van der Waals surface area contributed by atoms with E-state index < -0.39 is 0 Å². The second-order valence-electron chi connectivity index (χ2n) is 5.19. The molecule has 0 amide bonds. The summed E-state index contributed by atoms with van der Waals surface area (Å²) in [5, 5.41) is 0. The number of nitrogens with zero attached hydrogens (tertiary/aromatic N) is 2. The van der Waals surface area contributed by atoms with Gasteiger partial charge in [0, 0.05) is 18.8 Å². The van der Waals surface area contributed by atoms with Crippen molar-refractivity contribution in [3.63, 3.8) is 0 Å². The highest BCUT2D eigenvalue weighted by molar-refractivity contribution is 5.69. The number of likely N-dealkylation sites (N-methyl/N-ethyl adjacent to an activating group) is 1. The molecular formula is C16H18N2O. The molecule has 2 heterocycles. The molecule has 3 rings (SSSR count). The highest BCUT2D eigenvalue weighted by Gasteiger charge is 2.17. The lowest BCUT2D eigenvalue weighted by molar-refractivity contribution is 0.309. The van der Waals surface area contributed by atoms with Gasteiger partial charge in [-0.3, -0.25) is 0 Å². The molecule has 0 unspecified atom stereocenters. The van der Waals surface area contributed by atoms with Crippen molar-refractivity contribution in [1.29, 1.82) is 0 Å². The Hall–Kier alpha value is -2.03. The summed E-state index contributed by atoms with van der Waals surface area (Å²) in [6, 6.07) is 8.64. The Morgan fingerprint density at radius 2 is 1.79 bits per heavy atom. The highest BCUT2D eigenvalue weighted by atomic mass is 16.5. The van der Waals surface area contributed by atoms with Crippen molar-refractivity contribution in [3.8, 4) is 16.9 Å². The Kier molecular flexibility index (Phi) is 2.90. The summed E-state index contributed by atoms with van der Waals surface area (Å²) in [4.78, 5) is 6.67. The third kappa shape index (κ3) is 2.28. The standard InChI is InChI=1S/C16H18N2O/c1-11-6-12(2)8-13(7-11)14-9-15-16(17-10-14)18(3)4-5-19-15/h6-10H,4-5H2,1-3H3. The van der Waals surface area contributed by atoms with Gasteiger partial charge in [0.05, 0.1) is 6.54 Å². The summed E-state index contributed by atoms with van der Waals surface area (Å²) in [5.74, 6) is 1.81. The van der Waals surface area contributed by atoms with Crippen molar-refractivity contribution >= 4 is 5.82 Å². The number of aryl methyl sites for hydroxylation is 2. The number of anilines is 1. The molecule has 0 radical (unpaired) electrons. The molecule has 1 aliphatic rings. The molecule has 3 heteroatoms. The molecule has 0 atom stereocenters. The number of rotatable bonds is 1. The Morgan fingerprint density at radius 1 is 1.05 bits per heavy atom. The Balaban J connectivity index is 2.06. The van der Waals surface area contributed by atoms with Crippen molar-refractivity contribution in [2.24, 2.45) is 0 Å². The lowest BCUT2D eigenvalue weighted by Gasteiger charge is -2.26. The van der Waals surface area contributed by atoms with Crippen molar-refractivity contribution in [2.45, 2.75) is 13.8 Å². The van der Waals surface area contributed by atoms with Gasteiger partial charge >= 0.3 is 0 Å². The quantitative estimate of drug-likeness (QED) is 0.781. The average molecular weight is 254 g/mol. The van der Waals surface area contributed by atoms with E-state index in [1.54, 1.807) is 0 Å². The fourth-order valence-electron chi connectivity index (χ4n) is 2.53. The summed E-state index contributed by atoms with van der Waals surface area (Å²) in [7, 11) is 2.05. The third-order valence-corrected chi connectivity index (χ3v) is 3.43. The summed E-state index contributed by atoms with van der Waals surface area (Å²) in [5.41, 5.74) is 4.85. The summed E-state index contributed by atoms with van der Waals surface area (Å²) < 4.78 is 5.71. The van der Waals surface area contributed by atoms with Gasteiger partial charge in [-0.15, -0.1) is 0 Å². The number of pyridine rings is 1. The fraction of sp³-hybridized carbons (Fsp3) is 0.312. The zero-order chi connectivity index (χ0) is 13.4. The molecule has 0 aliphatic carbocycles. The molecule has 3 nitrogen and oxygen atoms in total. The molecular weight excluding hydrogens is 236 g/mol. The van der Waals surface area contributed by atoms with Crippen LogP contribution in [0.15, 0.2) is 30.5 Å². The van der Waals surface area contributed by atoms with Crippen molar-refractivity contribution < 1.29 is 4.74 Å². The number of aromatic nitrogens is 1. The van der Waals surface area contributed by atoms with E-state index in [-0.39, 0.29) is 0 Å². The molecule has 0 bridgehead atoms. The molecule has 1 aliphatic heterocycles. The molecule has 0 spiro atoms. The van der Waals surface area contributed by atoms with Gasteiger partial charge in [-0.25, -0.2) is 4.98 Å². The number of hydrogen-bond donors (Lipinski definition) is 0. The Morgan fingerprint density at radius 3 is 2.53 bits per heavy atom. The summed E-state index contributed by atoms with van der Waals surface area (Å²) >= 11 is 0. The van der Waals surface area contributed by atoms with Gasteiger partial charge in [0.1, 0.15) is 6.61 Å². The first-order valence-electron chi connectivity index (χ1n) is 6.56. The zero-order valence-electron chi connectivity index (χ0n) is 11.6. The third-order valence-electron chi connectivity index (χ3n) is 3.43. The second kappa shape index (κ2) is 4.57. The SMILES string of the molecule is Cc1cc(C)cc(-c2cnc3c(c2)OCCN3C)c1. The first-order chi connectivity index (χ1) is 9.13. The van der Waals surface area contributed by atoms with E-state index in [9.17, 15) is 0 Å². The van der Waals surface area contributed by atoms with Crippen LogP contribution in [0.4, 0.5) is 5.82 Å². The van der Waals surface area contributed by atoms with Crippen LogP contribution in [-0.4, -0.2) is 25.2 Å². The monoisotopic (exact) mass is 254 g/mol. The van der Waals surface area contributed by atoms with E-state index in [0.717, 1.165) is 30.3 Å². The molecule has 0 fully saturated rings. The Labute approximate surface area is 113 Å². The first-order valence-corrected chi connectivity index (χ1v) is 6.56. The zero-order valence-corrected chi connectivity index (χ0v) is 11.6. The molecule has 19 heavy (non-hydrogen) atoms. The fourth-order valence-corrected chi connectivity index (χ4v) is 2.53. The van der Waals surface area contributed by atoms with Crippen molar-refractivity contribution in [3.05, 3.63) is 41.6 Å². The van der Waals surface area contributed by atoms with Crippen LogP contribution in [0.25, 0.3) is 11.1 Å². The highest BCUT2D eigenvalue weighted by Crippen LogP contribution is 2.33. The predicted octanol–water partition coefficient (Wildman–Crippen LogP) is 3.19.